The van der Waals surface area contributed by atoms with Crippen molar-refractivity contribution in [1.82, 2.24) is 9.97 Å². The standard InChI is InChI=1S/C29H37N3O3/c1-18-23(21-16-20-10-8-9-11-22(20)30-17-21)25(32-14-12-29(6,7)13-15-32)24(19(2)31-18)26(27(33)34)35-28(3,4)5/h8-11,16-17,26H,12-15H2,1-7H3,(H,33,34). The minimum absolute atomic E-state index is 0.257. The van der Waals surface area contributed by atoms with E-state index in [9.17, 15) is 9.90 Å². The van der Waals surface area contributed by atoms with Crippen LogP contribution in [0.4, 0.5) is 5.69 Å². The first-order valence-corrected chi connectivity index (χ1v) is 12.4. The van der Waals surface area contributed by atoms with Crippen LogP contribution in [-0.4, -0.2) is 39.7 Å². The second-order valence-electron chi connectivity index (χ2n) is 11.4. The van der Waals surface area contributed by atoms with Crippen molar-refractivity contribution >= 4 is 22.6 Å². The van der Waals surface area contributed by atoms with Gasteiger partial charge in [0.25, 0.3) is 0 Å². The lowest BCUT2D eigenvalue weighted by Gasteiger charge is -2.41. The number of ether oxygens (including phenoxy) is 1. The Hall–Kier alpha value is -2.99. The van der Waals surface area contributed by atoms with Crippen LogP contribution in [-0.2, 0) is 9.53 Å². The molecule has 1 saturated heterocycles. The van der Waals surface area contributed by atoms with Crippen LogP contribution in [0, 0.1) is 19.3 Å². The predicted molar refractivity (Wildman–Crippen MR) is 141 cm³/mol. The molecule has 0 aliphatic carbocycles. The summed E-state index contributed by atoms with van der Waals surface area (Å²) >= 11 is 0. The van der Waals surface area contributed by atoms with Gasteiger partial charge in [-0.3, -0.25) is 9.97 Å². The molecule has 1 unspecified atom stereocenters. The fourth-order valence-electron chi connectivity index (χ4n) is 4.96. The number of hydrogen-bond donors (Lipinski definition) is 1. The van der Waals surface area contributed by atoms with E-state index in [1.807, 2.05) is 59.0 Å². The first kappa shape index (κ1) is 25.1. The van der Waals surface area contributed by atoms with E-state index in [-0.39, 0.29) is 5.41 Å². The lowest BCUT2D eigenvalue weighted by molar-refractivity contribution is -0.160. The summed E-state index contributed by atoms with van der Waals surface area (Å²) in [6.45, 7) is 15.8. The Labute approximate surface area is 208 Å². The third kappa shape index (κ3) is 5.32. The lowest BCUT2D eigenvalue weighted by atomic mass is 9.82. The summed E-state index contributed by atoms with van der Waals surface area (Å²) in [5.41, 5.74) is 5.54. The van der Waals surface area contributed by atoms with E-state index in [2.05, 4.69) is 30.9 Å². The normalized spacial score (nSPS) is 16.9. The molecule has 6 heteroatoms. The molecule has 1 N–H and O–H groups in total. The van der Waals surface area contributed by atoms with Gasteiger partial charge in [0.2, 0.25) is 0 Å². The number of hydrogen-bond acceptors (Lipinski definition) is 5. The van der Waals surface area contributed by atoms with E-state index in [1.54, 1.807) is 0 Å². The number of aryl methyl sites for hydroxylation is 2. The predicted octanol–water partition coefficient (Wildman–Crippen LogP) is 6.48. The molecule has 0 saturated carbocycles. The zero-order chi connectivity index (χ0) is 25.5. The number of aliphatic carboxylic acids is 1. The molecule has 0 radical (unpaired) electrons. The zero-order valence-electron chi connectivity index (χ0n) is 22.0. The molecule has 35 heavy (non-hydrogen) atoms. The van der Waals surface area contributed by atoms with Crippen LogP contribution < -0.4 is 4.90 Å². The van der Waals surface area contributed by atoms with Gasteiger partial charge in [0.05, 0.1) is 16.8 Å². The van der Waals surface area contributed by atoms with E-state index in [1.165, 1.54) is 0 Å². The van der Waals surface area contributed by atoms with Gasteiger partial charge in [-0.2, -0.15) is 0 Å². The molecule has 1 aliphatic rings. The number of fused-ring (bicyclic) bond motifs is 1. The first-order chi connectivity index (χ1) is 16.4. The van der Waals surface area contributed by atoms with Crippen molar-refractivity contribution in [2.45, 2.75) is 73.0 Å². The van der Waals surface area contributed by atoms with Gasteiger partial charge in [0.15, 0.2) is 6.10 Å². The quantitative estimate of drug-likeness (QED) is 0.455. The maximum absolute atomic E-state index is 12.6. The van der Waals surface area contributed by atoms with Crippen LogP contribution in [0.1, 0.15) is 70.5 Å². The van der Waals surface area contributed by atoms with E-state index >= 15 is 0 Å². The fraction of sp³-hybridized carbons (Fsp3) is 0.483. The molecule has 0 spiro atoms. The second-order valence-corrected chi connectivity index (χ2v) is 11.4. The molecule has 1 atom stereocenters. The Morgan fingerprint density at radius 1 is 1.11 bits per heavy atom. The van der Waals surface area contributed by atoms with E-state index < -0.39 is 17.7 Å². The maximum Gasteiger partial charge on any atom is 0.337 e. The number of benzene rings is 1. The Balaban J connectivity index is 1.99. The number of carbonyl (C=O) groups is 1. The van der Waals surface area contributed by atoms with Crippen LogP contribution in [0.25, 0.3) is 22.0 Å². The molecular weight excluding hydrogens is 438 g/mol. The van der Waals surface area contributed by atoms with E-state index in [0.717, 1.165) is 59.3 Å². The smallest absolute Gasteiger partial charge is 0.337 e. The highest BCUT2D eigenvalue weighted by molar-refractivity contribution is 5.91. The third-order valence-electron chi connectivity index (χ3n) is 6.85. The van der Waals surface area contributed by atoms with Crippen molar-refractivity contribution in [3.8, 4) is 11.1 Å². The molecule has 1 aliphatic heterocycles. The number of nitrogens with zero attached hydrogens (tertiary/aromatic N) is 3. The molecular formula is C29H37N3O3. The zero-order valence-corrected chi connectivity index (χ0v) is 22.0. The minimum Gasteiger partial charge on any atom is -0.479 e. The highest BCUT2D eigenvalue weighted by atomic mass is 16.5. The summed E-state index contributed by atoms with van der Waals surface area (Å²) in [4.78, 5) is 24.5. The van der Waals surface area contributed by atoms with Crippen LogP contribution >= 0.6 is 0 Å². The number of carboxylic acid groups (broad SMARTS) is 1. The second kappa shape index (κ2) is 9.23. The van der Waals surface area contributed by atoms with Crippen molar-refractivity contribution in [2.24, 2.45) is 5.41 Å². The lowest BCUT2D eigenvalue weighted by Crippen LogP contribution is -2.39. The highest BCUT2D eigenvalue weighted by Gasteiger charge is 2.36. The number of carboxylic acids is 1. The molecule has 1 fully saturated rings. The van der Waals surface area contributed by atoms with Gasteiger partial charge in [-0.1, -0.05) is 32.0 Å². The number of anilines is 1. The third-order valence-corrected chi connectivity index (χ3v) is 6.85. The van der Waals surface area contributed by atoms with E-state index in [4.69, 9.17) is 14.7 Å². The molecule has 3 heterocycles. The van der Waals surface area contributed by atoms with Crippen LogP contribution in [0.5, 0.6) is 0 Å². The van der Waals surface area contributed by atoms with Gasteiger partial charge < -0.3 is 14.7 Å². The van der Waals surface area contributed by atoms with Gasteiger partial charge in [-0.05, 0) is 65.0 Å². The topological polar surface area (TPSA) is 75.6 Å². The first-order valence-electron chi connectivity index (χ1n) is 12.4. The van der Waals surface area contributed by atoms with Crippen molar-refractivity contribution in [1.29, 1.82) is 0 Å². The van der Waals surface area contributed by atoms with Crippen LogP contribution in [0.3, 0.4) is 0 Å². The van der Waals surface area contributed by atoms with Gasteiger partial charge in [-0.25, -0.2) is 4.79 Å². The molecule has 4 rings (SSSR count). The molecule has 0 bridgehead atoms. The summed E-state index contributed by atoms with van der Waals surface area (Å²) in [5, 5.41) is 11.3. The van der Waals surface area contributed by atoms with Crippen molar-refractivity contribution in [3.05, 3.63) is 53.5 Å². The summed E-state index contributed by atoms with van der Waals surface area (Å²) in [5.74, 6) is -1.00. The molecule has 3 aromatic rings. The Kier molecular flexibility index (Phi) is 6.62. The largest absolute Gasteiger partial charge is 0.479 e. The van der Waals surface area contributed by atoms with Crippen molar-refractivity contribution in [3.63, 3.8) is 0 Å². The van der Waals surface area contributed by atoms with Crippen molar-refractivity contribution in [2.75, 3.05) is 18.0 Å². The number of rotatable bonds is 5. The van der Waals surface area contributed by atoms with E-state index in [0.29, 0.717) is 11.3 Å². The van der Waals surface area contributed by atoms with Gasteiger partial charge in [-0.15, -0.1) is 0 Å². The number of piperidine rings is 1. The summed E-state index contributed by atoms with van der Waals surface area (Å²) in [6.07, 6.45) is 2.81. The fourth-order valence-corrected chi connectivity index (χ4v) is 4.96. The summed E-state index contributed by atoms with van der Waals surface area (Å²) in [6, 6.07) is 10.2. The average Bonchev–Trinajstić information content (AvgIpc) is 2.76. The van der Waals surface area contributed by atoms with Gasteiger partial charge in [0.1, 0.15) is 0 Å². The Morgan fingerprint density at radius 2 is 1.77 bits per heavy atom. The Morgan fingerprint density at radius 3 is 2.40 bits per heavy atom. The monoisotopic (exact) mass is 475 g/mol. The molecule has 186 valence electrons. The van der Waals surface area contributed by atoms with Crippen LogP contribution in [0.15, 0.2) is 36.5 Å². The number of aromatic nitrogens is 2. The van der Waals surface area contributed by atoms with Gasteiger partial charge in [0, 0.05) is 52.8 Å². The SMILES string of the molecule is Cc1nc(C)c(C(OC(C)(C)C)C(=O)O)c(N2CCC(C)(C)CC2)c1-c1cnc2ccccc2c1. The van der Waals surface area contributed by atoms with Crippen molar-refractivity contribution < 1.29 is 14.6 Å². The molecule has 6 nitrogen and oxygen atoms in total. The molecule has 2 aromatic heterocycles. The minimum atomic E-state index is -1.12. The maximum atomic E-state index is 12.6. The summed E-state index contributed by atoms with van der Waals surface area (Å²) < 4.78 is 6.16. The average molecular weight is 476 g/mol. The molecule has 1 aromatic carbocycles. The summed E-state index contributed by atoms with van der Waals surface area (Å²) in [7, 11) is 0. The van der Waals surface area contributed by atoms with Gasteiger partial charge >= 0.3 is 5.97 Å². The Bertz CT molecular complexity index is 1250. The van der Waals surface area contributed by atoms with Crippen LogP contribution in [0.2, 0.25) is 0 Å². The highest BCUT2D eigenvalue weighted by Crippen LogP contribution is 2.45. The molecule has 0 amide bonds. The number of para-hydroxylation sites is 1. The number of pyridine rings is 2.